The largest absolute Gasteiger partial charge is 0.336 e. The fraction of sp³-hybridized carbons (Fsp3) is 0.364. The van der Waals surface area contributed by atoms with Crippen molar-refractivity contribution >= 4 is 16.1 Å². The maximum Gasteiger partial charge on any atom is 0.277 e. The van der Waals surface area contributed by atoms with Gasteiger partial charge in [-0.05, 0) is 12.1 Å². The molecule has 1 aliphatic rings. The first-order chi connectivity index (χ1) is 8.48. The zero-order chi connectivity index (χ0) is 13.2. The summed E-state index contributed by atoms with van der Waals surface area (Å²) < 4.78 is 23.4. The standard InChI is InChI=1S/C11H15N3O3S/c12-18(16,17)14-8-6-13(7-9-14)11(15)10-4-2-1-3-5-10/h1-5H,6-9H2,(H2,12,16,17). The van der Waals surface area contributed by atoms with Crippen molar-refractivity contribution in [3.05, 3.63) is 35.9 Å². The van der Waals surface area contributed by atoms with Gasteiger partial charge in [0.15, 0.2) is 0 Å². The Balaban J connectivity index is 2.01. The number of nitrogens with zero attached hydrogens (tertiary/aromatic N) is 2. The van der Waals surface area contributed by atoms with Crippen molar-refractivity contribution in [1.29, 1.82) is 0 Å². The van der Waals surface area contributed by atoms with E-state index in [0.717, 1.165) is 0 Å². The smallest absolute Gasteiger partial charge is 0.277 e. The lowest BCUT2D eigenvalue weighted by Crippen LogP contribution is -2.52. The molecule has 2 N–H and O–H groups in total. The summed E-state index contributed by atoms with van der Waals surface area (Å²) in [5.74, 6) is -0.0790. The van der Waals surface area contributed by atoms with E-state index < -0.39 is 10.2 Å². The topological polar surface area (TPSA) is 83.7 Å². The Labute approximate surface area is 106 Å². The van der Waals surface area contributed by atoms with Crippen LogP contribution in [0.15, 0.2) is 30.3 Å². The summed E-state index contributed by atoms with van der Waals surface area (Å²) in [7, 11) is -3.64. The number of hydrogen-bond acceptors (Lipinski definition) is 3. The maximum atomic E-state index is 12.1. The number of carbonyl (C=O) groups is 1. The average molecular weight is 269 g/mol. The number of rotatable bonds is 2. The molecule has 1 aliphatic heterocycles. The van der Waals surface area contributed by atoms with Crippen molar-refractivity contribution in [3.8, 4) is 0 Å². The van der Waals surface area contributed by atoms with Crippen LogP contribution in [0.3, 0.4) is 0 Å². The van der Waals surface area contributed by atoms with Crippen LogP contribution in [0.25, 0.3) is 0 Å². The van der Waals surface area contributed by atoms with Gasteiger partial charge in [-0.3, -0.25) is 4.79 Å². The maximum absolute atomic E-state index is 12.1. The fourth-order valence-electron chi connectivity index (χ4n) is 1.91. The molecule has 0 aliphatic carbocycles. The van der Waals surface area contributed by atoms with E-state index in [-0.39, 0.29) is 19.0 Å². The fourth-order valence-corrected chi connectivity index (χ4v) is 2.58. The van der Waals surface area contributed by atoms with Gasteiger partial charge in [-0.25, -0.2) is 5.14 Å². The van der Waals surface area contributed by atoms with E-state index in [1.54, 1.807) is 29.2 Å². The molecule has 1 fully saturated rings. The van der Waals surface area contributed by atoms with E-state index in [1.807, 2.05) is 6.07 Å². The highest BCUT2D eigenvalue weighted by atomic mass is 32.2. The Bertz CT molecular complexity index is 522. The number of nitrogens with two attached hydrogens (primary N) is 1. The van der Waals surface area contributed by atoms with Crippen molar-refractivity contribution in [1.82, 2.24) is 9.21 Å². The predicted molar refractivity (Wildman–Crippen MR) is 67.0 cm³/mol. The molecule has 0 saturated carbocycles. The molecule has 18 heavy (non-hydrogen) atoms. The molecule has 1 aromatic carbocycles. The summed E-state index contributed by atoms with van der Waals surface area (Å²) >= 11 is 0. The Hall–Kier alpha value is -1.44. The van der Waals surface area contributed by atoms with Crippen LogP contribution < -0.4 is 5.14 Å². The molecule has 7 heteroatoms. The van der Waals surface area contributed by atoms with Crippen molar-refractivity contribution in [2.45, 2.75) is 0 Å². The van der Waals surface area contributed by atoms with Gasteiger partial charge in [0.2, 0.25) is 0 Å². The van der Waals surface area contributed by atoms with Crippen LogP contribution in [0.1, 0.15) is 10.4 Å². The predicted octanol–water partition coefficient (Wildman–Crippen LogP) is -0.352. The molecule has 6 nitrogen and oxygen atoms in total. The monoisotopic (exact) mass is 269 g/mol. The molecule has 98 valence electrons. The molecule has 0 atom stereocenters. The highest BCUT2D eigenvalue weighted by Gasteiger charge is 2.26. The second-order valence-corrected chi connectivity index (χ2v) is 5.65. The second-order valence-electron chi connectivity index (χ2n) is 4.10. The van der Waals surface area contributed by atoms with E-state index in [9.17, 15) is 13.2 Å². The molecule has 0 aromatic heterocycles. The summed E-state index contributed by atoms with van der Waals surface area (Å²) in [4.78, 5) is 13.7. The van der Waals surface area contributed by atoms with Crippen molar-refractivity contribution in [2.24, 2.45) is 5.14 Å². The third kappa shape index (κ3) is 2.87. The van der Waals surface area contributed by atoms with Gasteiger partial charge in [-0.1, -0.05) is 18.2 Å². The van der Waals surface area contributed by atoms with Gasteiger partial charge < -0.3 is 4.90 Å². The van der Waals surface area contributed by atoms with Gasteiger partial charge >= 0.3 is 0 Å². The molecule has 1 saturated heterocycles. The summed E-state index contributed by atoms with van der Waals surface area (Å²) in [6.07, 6.45) is 0. The van der Waals surface area contributed by atoms with Crippen LogP contribution in [-0.2, 0) is 10.2 Å². The van der Waals surface area contributed by atoms with Gasteiger partial charge in [0.05, 0.1) is 0 Å². The van der Waals surface area contributed by atoms with Gasteiger partial charge in [-0.15, -0.1) is 0 Å². The zero-order valence-corrected chi connectivity index (χ0v) is 10.6. The summed E-state index contributed by atoms with van der Waals surface area (Å²) in [5.41, 5.74) is 0.613. The molecular formula is C11H15N3O3S. The number of piperazine rings is 1. The minimum absolute atomic E-state index is 0.0790. The minimum atomic E-state index is -3.64. The normalized spacial score (nSPS) is 17.7. The highest BCUT2D eigenvalue weighted by molar-refractivity contribution is 7.86. The number of carbonyl (C=O) groups excluding carboxylic acids is 1. The lowest BCUT2D eigenvalue weighted by atomic mass is 10.2. The molecule has 0 bridgehead atoms. The minimum Gasteiger partial charge on any atom is -0.336 e. The van der Waals surface area contributed by atoms with Crippen LogP contribution in [0.5, 0.6) is 0 Å². The first-order valence-electron chi connectivity index (χ1n) is 5.60. The quantitative estimate of drug-likeness (QED) is 0.796. The van der Waals surface area contributed by atoms with Crippen LogP contribution in [0, 0.1) is 0 Å². The SMILES string of the molecule is NS(=O)(=O)N1CCN(C(=O)c2ccccc2)CC1. The zero-order valence-electron chi connectivity index (χ0n) is 9.82. The van der Waals surface area contributed by atoms with E-state index in [4.69, 9.17) is 5.14 Å². The molecule has 2 rings (SSSR count). The summed E-state index contributed by atoms with van der Waals surface area (Å²) in [6, 6.07) is 8.93. The van der Waals surface area contributed by atoms with E-state index in [2.05, 4.69) is 0 Å². The van der Waals surface area contributed by atoms with Crippen LogP contribution >= 0.6 is 0 Å². The first kappa shape index (κ1) is 13.0. The molecule has 1 aromatic rings. The molecule has 1 amide bonds. The Morgan fingerprint density at radius 2 is 1.61 bits per heavy atom. The van der Waals surface area contributed by atoms with Gasteiger partial charge in [0.1, 0.15) is 0 Å². The lowest BCUT2D eigenvalue weighted by molar-refractivity contribution is 0.0698. The highest BCUT2D eigenvalue weighted by Crippen LogP contribution is 2.09. The molecule has 1 heterocycles. The van der Waals surface area contributed by atoms with Crippen LogP contribution in [0.4, 0.5) is 0 Å². The second kappa shape index (κ2) is 5.05. The number of benzene rings is 1. The number of hydrogen-bond donors (Lipinski definition) is 1. The third-order valence-electron chi connectivity index (χ3n) is 2.91. The van der Waals surface area contributed by atoms with Gasteiger partial charge in [0, 0.05) is 31.7 Å². The van der Waals surface area contributed by atoms with Gasteiger partial charge in [-0.2, -0.15) is 12.7 Å². The summed E-state index contributed by atoms with van der Waals surface area (Å²) in [5, 5.41) is 5.04. The summed E-state index contributed by atoms with van der Waals surface area (Å²) in [6.45, 7) is 1.23. The average Bonchev–Trinajstić information content (AvgIpc) is 2.38. The Kier molecular flexibility index (Phi) is 3.65. The molecule has 0 radical (unpaired) electrons. The lowest BCUT2D eigenvalue weighted by Gasteiger charge is -2.32. The van der Waals surface area contributed by atoms with E-state index in [1.165, 1.54) is 4.31 Å². The molecule has 0 unspecified atom stereocenters. The Morgan fingerprint density at radius 1 is 1.06 bits per heavy atom. The van der Waals surface area contributed by atoms with E-state index >= 15 is 0 Å². The van der Waals surface area contributed by atoms with Crippen molar-refractivity contribution in [3.63, 3.8) is 0 Å². The van der Waals surface area contributed by atoms with Gasteiger partial charge in [0.25, 0.3) is 16.1 Å². The van der Waals surface area contributed by atoms with Crippen molar-refractivity contribution < 1.29 is 13.2 Å². The van der Waals surface area contributed by atoms with Crippen LogP contribution in [0.2, 0.25) is 0 Å². The number of amides is 1. The van der Waals surface area contributed by atoms with Crippen molar-refractivity contribution in [2.75, 3.05) is 26.2 Å². The Morgan fingerprint density at radius 3 is 2.11 bits per heavy atom. The van der Waals surface area contributed by atoms with Crippen LogP contribution in [-0.4, -0.2) is 49.7 Å². The van der Waals surface area contributed by atoms with E-state index in [0.29, 0.717) is 18.7 Å². The molecule has 0 spiro atoms. The molecular weight excluding hydrogens is 254 g/mol. The first-order valence-corrected chi connectivity index (χ1v) is 7.11. The third-order valence-corrected chi connectivity index (χ3v) is 3.99.